The van der Waals surface area contributed by atoms with Gasteiger partial charge in [0.15, 0.2) is 11.4 Å². The van der Waals surface area contributed by atoms with Crippen LogP contribution in [0.5, 0.6) is 0 Å². The van der Waals surface area contributed by atoms with Crippen LogP contribution in [0.3, 0.4) is 0 Å². The molecule has 3 rings (SSSR count). The number of allylic oxidation sites excluding steroid dienone is 1. The Labute approximate surface area is 157 Å². The first-order valence-electron chi connectivity index (χ1n) is 8.90. The zero-order valence-corrected chi connectivity index (χ0v) is 14.9. The molecule has 0 spiro atoms. The van der Waals surface area contributed by atoms with Crippen molar-refractivity contribution in [3.8, 4) is 0 Å². The maximum absolute atomic E-state index is 14.4. The van der Waals surface area contributed by atoms with Gasteiger partial charge >= 0.3 is 5.97 Å². The number of halogens is 1. The predicted octanol–water partition coefficient (Wildman–Crippen LogP) is 3.83. The second-order valence-electron chi connectivity index (χ2n) is 6.70. The van der Waals surface area contributed by atoms with E-state index in [9.17, 15) is 19.1 Å². The van der Waals surface area contributed by atoms with Crippen molar-refractivity contribution in [1.29, 1.82) is 0 Å². The number of hydrogen-bond donors (Lipinski definition) is 1. The van der Waals surface area contributed by atoms with Gasteiger partial charge in [0.2, 0.25) is 0 Å². The second-order valence-corrected chi connectivity index (χ2v) is 6.70. The van der Waals surface area contributed by atoms with E-state index in [-0.39, 0.29) is 24.4 Å². The van der Waals surface area contributed by atoms with Gasteiger partial charge in [0.1, 0.15) is 12.4 Å². The number of benzene rings is 2. The molecule has 2 aromatic rings. The molecule has 1 N–H and O–H groups in total. The Balaban J connectivity index is 1.88. The van der Waals surface area contributed by atoms with E-state index in [1.165, 1.54) is 24.3 Å². The summed E-state index contributed by atoms with van der Waals surface area (Å²) in [6.45, 7) is -0.0333. The first-order chi connectivity index (χ1) is 13.0. The minimum Gasteiger partial charge on any atom is -0.458 e. The number of aliphatic hydroxyl groups is 1. The molecule has 0 unspecified atom stereocenters. The molecule has 140 valence electrons. The zero-order valence-electron chi connectivity index (χ0n) is 14.9. The van der Waals surface area contributed by atoms with Crippen molar-refractivity contribution in [2.45, 2.75) is 37.9 Å². The summed E-state index contributed by atoms with van der Waals surface area (Å²) >= 11 is 0. The van der Waals surface area contributed by atoms with Crippen LogP contribution >= 0.6 is 0 Å². The Morgan fingerprint density at radius 1 is 1.07 bits per heavy atom. The van der Waals surface area contributed by atoms with Gasteiger partial charge in [-0.3, -0.25) is 4.79 Å². The van der Waals surface area contributed by atoms with Crippen molar-refractivity contribution in [3.05, 3.63) is 83.2 Å². The van der Waals surface area contributed by atoms with E-state index < -0.39 is 17.4 Å². The van der Waals surface area contributed by atoms with Crippen molar-refractivity contribution in [1.82, 2.24) is 0 Å². The third kappa shape index (κ3) is 4.49. The normalized spacial score (nSPS) is 16.4. The summed E-state index contributed by atoms with van der Waals surface area (Å²) in [5.41, 5.74) is -0.965. The lowest BCUT2D eigenvalue weighted by atomic mass is 9.83. The van der Waals surface area contributed by atoms with Crippen LogP contribution < -0.4 is 0 Å². The van der Waals surface area contributed by atoms with Crippen LogP contribution in [0, 0.1) is 5.82 Å². The summed E-state index contributed by atoms with van der Waals surface area (Å²) in [6, 6.07) is 14.6. The van der Waals surface area contributed by atoms with Gasteiger partial charge in [-0.2, -0.15) is 0 Å². The highest BCUT2D eigenvalue weighted by Crippen LogP contribution is 2.35. The zero-order chi connectivity index (χ0) is 19.3. The predicted molar refractivity (Wildman–Crippen MR) is 98.1 cm³/mol. The van der Waals surface area contributed by atoms with E-state index in [0.29, 0.717) is 24.8 Å². The number of esters is 1. The van der Waals surface area contributed by atoms with Crippen molar-refractivity contribution < 1.29 is 23.8 Å². The van der Waals surface area contributed by atoms with Crippen LogP contribution in [0.1, 0.15) is 36.8 Å². The minimum atomic E-state index is -2.19. The van der Waals surface area contributed by atoms with Crippen LogP contribution in [0.25, 0.3) is 0 Å². The molecule has 0 aliphatic heterocycles. The largest absolute Gasteiger partial charge is 0.458 e. The molecule has 0 aromatic heterocycles. The molecule has 0 heterocycles. The average Bonchev–Trinajstić information content (AvgIpc) is 2.67. The topological polar surface area (TPSA) is 63.6 Å². The number of ether oxygens (including phenoxy) is 1. The third-order valence-electron chi connectivity index (χ3n) is 4.64. The van der Waals surface area contributed by atoms with Crippen molar-refractivity contribution in [2.24, 2.45) is 0 Å². The molecule has 27 heavy (non-hydrogen) atoms. The Morgan fingerprint density at radius 2 is 1.78 bits per heavy atom. The first kappa shape index (κ1) is 19.0. The van der Waals surface area contributed by atoms with Gasteiger partial charge in [0.05, 0.1) is 0 Å². The first-order valence-corrected chi connectivity index (χ1v) is 8.90. The fourth-order valence-corrected chi connectivity index (χ4v) is 3.25. The number of carbonyl (C=O) groups is 2. The molecule has 1 aliphatic carbocycles. The summed E-state index contributed by atoms with van der Waals surface area (Å²) in [5.74, 6) is -1.68. The van der Waals surface area contributed by atoms with Gasteiger partial charge in [-0.1, -0.05) is 54.1 Å². The Bertz CT molecular complexity index is 860. The summed E-state index contributed by atoms with van der Waals surface area (Å²) in [6.07, 6.45) is 2.94. The summed E-state index contributed by atoms with van der Waals surface area (Å²) in [4.78, 5) is 24.5. The quantitative estimate of drug-likeness (QED) is 0.787. The fourth-order valence-electron chi connectivity index (χ4n) is 3.25. The smallest absolute Gasteiger partial charge is 0.343 e. The Kier molecular flexibility index (Phi) is 5.81. The molecule has 0 amide bonds. The van der Waals surface area contributed by atoms with Crippen LogP contribution in [-0.4, -0.2) is 16.9 Å². The van der Waals surface area contributed by atoms with Gasteiger partial charge in [-0.05, 0) is 30.5 Å². The highest BCUT2D eigenvalue weighted by Gasteiger charge is 2.42. The van der Waals surface area contributed by atoms with Crippen LogP contribution in [0.4, 0.5) is 4.39 Å². The molecule has 1 atom stereocenters. The maximum Gasteiger partial charge on any atom is 0.343 e. The van der Waals surface area contributed by atoms with Gasteiger partial charge in [0, 0.05) is 18.4 Å². The molecule has 2 aromatic carbocycles. The van der Waals surface area contributed by atoms with Crippen LogP contribution in [0.2, 0.25) is 0 Å². The third-order valence-corrected chi connectivity index (χ3v) is 4.64. The molecular weight excluding hydrogens is 347 g/mol. The van der Waals surface area contributed by atoms with Gasteiger partial charge in [-0.15, -0.1) is 0 Å². The number of hydrogen-bond acceptors (Lipinski definition) is 4. The van der Waals surface area contributed by atoms with Crippen LogP contribution in [-0.2, 0) is 26.5 Å². The number of ketones is 1. The van der Waals surface area contributed by atoms with Crippen molar-refractivity contribution in [2.75, 3.05) is 0 Å². The van der Waals surface area contributed by atoms with Crippen molar-refractivity contribution in [3.63, 3.8) is 0 Å². The fraction of sp³-hybridized carbons (Fsp3) is 0.273. The van der Waals surface area contributed by atoms with E-state index in [2.05, 4.69) is 0 Å². The van der Waals surface area contributed by atoms with Gasteiger partial charge in [0.25, 0.3) is 0 Å². The highest BCUT2D eigenvalue weighted by atomic mass is 19.1. The molecule has 0 saturated heterocycles. The molecule has 0 fully saturated rings. The summed E-state index contributed by atoms with van der Waals surface area (Å²) < 4.78 is 19.7. The molecule has 4 nitrogen and oxygen atoms in total. The molecule has 5 heteroatoms. The molecule has 0 radical (unpaired) electrons. The van der Waals surface area contributed by atoms with Gasteiger partial charge < -0.3 is 9.84 Å². The van der Waals surface area contributed by atoms with Crippen LogP contribution in [0.15, 0.2) is 66.2 Å². The van der Waals surface area contributed by atoms with Gasteiger partial charge in [-0.25, -0.2) is 9.18 Å². The molecule has 0 bridgehead atoms. The lowest BCUT2D eigenvalue weighted by Gasteiger charge is -2.29. The highest BCUT2D eigenvalue weighted by molar-refractivity contribution is 5.91. The number of rotatable bonds is 6. The maximum atomic E-state index is 14.4. The minimum absolute atomic E-state index is 0.0333. The second kappa shape index (κ2) is 8.27. The Hall–Kier alpha value is -2.79. The van der Waals surface area contributed by atoms with E-state index in [1.54, 1.807) is 18.2 Å². The summed E-state index contributed by atoms with van der Waals surface area (Å²) in [7, 11) is 0. The van der Waals surface area contributed by atoms with E-state index >= 15 is 0 Å². The molecule has 1 aliphatic rings. The lowest BCUT2D eigenvalue weighted by Crippen LogP contribution is -2.39. The Morgan fingerprint density at radius 3 is 2.48 bits per heavy atom. The van der Waals surface area contributed by atoms with E-state index in [4.69, 9.17) is 4.74 Å². The standard InChI is InChI=1S/C22H21FO4/c23-20-12-5-4-11-19(20)22(26,14-17-9-6-10-18(24)13-17)21(25)27-15-16-7-2-1-3-8-16/h1-5,7-8,11-13,26H,6,9-10,14-15H2/t22-/m1/s1. The SMILES string of the molecule is O=C1C=C(C[C@](O)(C(=O)OCc2ccccc2)c2ccccc2F)CCC1. The monoisotopic (exact) mass is 368 g/mol. The summed E-state index contributed by atoms with van der Waals surface area (Å²) in [5, 5.41) is 11.2. The number of carbonyl (C=O) groups excluding carboxylic acids is 2. The molecule has 0 saturated carbocycles. The van der Waals surface area contributed by atoms with E-state index in [1.807, 2.05) is 18.2 Å². The lowest BCUT2D eigenvalue weighted by molar-refractivity contribution is -0.168. The van der Waals surface area contributed by atoms with E-state index in [0.717, 1.165) is 5.56 Å². The average molecular weight is 368 g/mol. The molecular formula is C22H21FO4. The van der Waals surface area contributed by atoms with Crippen molar-refractivity contribution >= 4 is 11.8 Å².